The van der Waals surface area contributed by atoms with Crippen LogP contribution in [0.5, 0.6) is 5.75 Å². The van der Waals surface area contributed by atoms with Crippen LogP contribution in [0.1, 0.15) is 27.7 Å². The number of carbonyl (C=O) groups is 1. The van der Waals surface area contributed by atoms with E-state index in [9.17, 15) is 10.1 Å². The second-order valence-electron chi connectivity index (χ2n) is 5.39. The molecule has 0 unspecified atom stereocenters. The van der Waals surface area contributed by atoms with Crippen molar-refractivity contribution < 1.29 is 9.53 Å². The van der Waals surface area contributed by atoms with Gasteiger partial charge >= 0.3 is 0 Å². The topological polar surface area (TPSA) is 62.1 Å². The molecular weight excluding hydrogens is 284 g/mol. The van der Waals surface area contributed by atoms with Crippen molar-refractivity contribution in [3.63, 3.8) is 0 Å². The number of nitriles is 1. The maximum Gasteiger partial charge on any atom is 0.234 e. The van der Waals surface area contributed by atoms with Gasteiger partial charge in [0.2, 0.25) is 5.91 Å². The Morgan fingerprint density at radius 1 is 1.33 bits per heavy atom. The molecule has 0 aliphatic rings. The van der Waals surface area contributed by atoms with Crippen LogP contribution in [0, 0.1) is 17.2 Å². The highest BCUT2D eigenvalue weighted by atomic mass is 32.2. The van der Waals surface area contributed by atoms with Crippen LogP contribution < -0.4 is 10.1 Å². The molecule has 0 radical (unpaired) electrons. The molecule has 2 atom stereocenters. The van der Waals surface area contributed by atoms with Gasteiger partial charge in [0, 0.05) is 4.90 Å². The average Bonchev–Trinajstić information content (AvgIpc) is 2.47. The fraction of sp³-hybridized carbons (Fsp3) is 0.500. The van der Waals surface area contributed by atoms with Gasteiger partial charge in [0.15, 0.2) is 0 Å². The van der Waals surface area contributed by atoms with Crippen LogP contribution in [0.25, 0.3) is 0 Å². The van der Waals surface area contributed by atoms with E-state index in [0.29, 0.717) is 0 Å². The summed E-state index contributed by atoms with van der Waals surface area (Å²) in [7, 11) is 1.62. The zero-order valence-electron chi connectivity index (χ0n) is 13.1. The Morgan fingerprint density at radius 2 is 1.90 bits per heavy atom. The normalized spacial score (nSPS) is 14.9. The molecule has 0 bridgehead atoms. The summed E-state index contributed by atoms with van der Waals surface area (Å²) >= 11 is 1.46. The molecular formula is C16H22N2O2S. The molecule has 4 nitrogen and oxygen atoms in total. The second-order valence-corrected chi connectivity index (χ2v) is 6.81. The number of methoxy groups -OCH3 is 1. The fourth-order valence-electron chi connectivity index (χ4n) is 1.57. The minimum Gasteiger partial charge on any atom is -0.497 e. The number of nitrogens with zero attached hydrogens (tertiary/aromatic N) is 1. The van der Waals surface area contributed by atoms with E-state index in [1.165, 1.54) is 11.8 Å². The lowest BCUT2D eigenvalue weighted by Gasteiger charge is -2.28. The number of nitrogens with one attached hydrogen (secondary N) is 1. The van der Waals surface area contributed by atoms with E-state index < -0.39 is 5.54 Å². The van der Waals surface area contributed by atoms with Gasteiger partial charge < -0.3 is 10.1 Å². The predicted molar refractivity (Wildman–Crippen MR) is 85.3 cm³/mol. The third-order valence-corrected chi connectivity index (χ3v) is 4.62. The zero-order valence-corrected chi connectivity index (χ0v) is 14.0. The van der Waals surface area contributed by atoms with Crippen molar-refractivity contribution in [2.45, 2.75) is 43.4 Å². The summed E-state index contributed by atoms with van der Waals surface area (Å²) < 4.78 is 5.10. The Morgan fingerprint density at radius 3 is 2.33 bits per heavy atom. The Labute approximate surface area is 130 Å². The van der Waals surface area contributed by atoms with Gasteiger partial charge in [0.25, 0.3) is 0 Å². The van der Waals surface area contributed by atoms with Crippen molar-refractivity contribution >= 4 is 17.7 Å². The average molecular weight is 306 g/mol. The van der Waals surface area contributed by atoms with E-state index in [2.05, 4.69) is 11.4 Å². The van der Waals surface area contributed by atoms with Crippen molar-refractivity contribution in [1.82, 2.24) is 5.32 Å². The first-order valence-corrected chi connectivity index (χ1v) is 7.74. The van der Waals surface area contributed by atoms with Crippen LogP contribution in [0.4, 0.5) is 0 Å². The second kappa shape index (κ2) is 7.37. The van der Waals surface area contributed by atoms with E-state index in [1.54, 1.807) is 14.0 Å². The summed E-state index contributed by atoms with van der Waals surface area (Å²) in [5.74, 6) is 0.700. The van der Waals surface area contributed by atoms with E-state index >= 15 is 0 Å². The number of amides is 1. The summed E-state index contributed by atoms with van der Waals surface area (Å²) in [4.78, 5) is 13.2. The van der Waals surface area contributed by atoms with Crippen molar-refractivity contribution in [2.24, 2.45) is 5.92 Å². The lowest BCUT2D eigenvalue weighted by Crippen LogP contribution is -2.51. The molecule has 0 aliphatic heterocycles. The van der Waals surface area contributed by atoms with E-state index in [1.807, 2.05) is 45.0 Å². The van der Waals surface area contributed by atoms with E-state index in [-0.39, 0.29) is 17.1 Å². The number of hydrogen-bond acceptors (Lipinski definition) is 4. The first-order valence-electron chi connectivity index (χ1n) is 6.86. The highest BCUT2D eigenvalue weighted by molar-refractivity contribution is 8.00. The summed E-state index contributed by atoms with van der Waals surface area (Å²) in [6, 6.07) is 9.74. The van der Waals surface area contributed by atoms with Gasteiger partial charge in [-0.05, 0) is 44.0 Å². The van der Waals surface area contributed by atoms with Crippen LogP contribution in [0.2, 0.25) is 0 Å². The monoisotopic (exact) mass is 306 g/mol. The molecule has 1 N–H and O–H groups in total. The molecule has 0 aliphatic carbocycles. The molecule has 0 saturated carbocycles. The van der Waals surface area contributed by atoms with E-state index in [0.717, 1.165) is 10.6 Å². The summed E-state index contributed by atoms with van der Waals surface area (Å²) in [5.41, 5.74) is -0.841. The third kappa shape index (κ3) is 4.68. The molecule has 0 aromatic heterocycles. The van der Waals surface area contributed by atoms with Gasteiger partial charge in [-0.25, -0.2) is 0 Å². The first kappa shape index (κ1) is 17.4. The number of hydrogen-bond donors (Lipinski definition) is 1. The van der Waals surface area contributed by atoms with E-state index in [4.69, 9.17) is 4.74 Å². The van der Waals surface area contributed by atoms with Crippen LogP contribution in [0.3, 0.4) is 0 Å². The molecule has 5 heteroatoms. The Balaban J connectivity index is 2.68. The molecule has 1 aromatic rings. The van der Waals surface area contributed by atoms with Crippen LogP contribution >= 0.6 is 11.8 Å². The maximum atomic E-state index is 12.2. The standard InChI is InChI=1S/C16H22N2O2S/c1-11(2)16(4,10-17)18-15(19)12(3)21-14-8-6-13(20-5)7-9-14/h6-9,11-12H,1-5H3,(H,18,19)/t12-,16-/m0/s1. The van der Waals surface area contributed by atoms with Gasteiger partial charge in [0.1, 0.15) is 11.3 Å². The van der Waals surface area contributed by atoms with Crippen LogP contribution in [-0.4, -0.2) is 23.8 Å². The predicted octanol–water partition coefficient (Wildman–Crippen LogP) is 3.23. The van der Waals surface area contributed by atoms with Crippen molar-refractivity contribution in [3.05, 3.63) is 24.3 Å². The minimum atomic E-state index is -0.841. The number of rotatable bonds is 6. The zero-order chi connectivity index (χ0) is 16.0. The molecule has 0 saturated heterocycles. The number of thioether (sulfide) groups is 1. The van der Waals surface area contributed by atoms with Gasteiger partial charge in [-0.3, -0.25) is 4.79 Å². The molecule has 114 valence electrons. The molecule has 0 spiro atoms. The fourth-order valence-corrected chi connectivity index (χ4v) is 2.44. The van der Waals surface area contributed by atoms with Gasteiger partial charge in [-0.2, -0.15) is 5.26 Å². The molecule has 0 heterocycles. The summed E-state index contributed by atoms with van der Waals surface area (Å²) in [5, 5.41) is 11.8. The van der Waals surface area contributed by atoms with Gasteiger partial charge in [-0.1, -0.05) is 13.8 Å². The molecule has 1 rings (SSSR count). The quantitative estimate of drug-likeness (QED) is 0.820. The van der Waals surface area contributed by atoms with Gasteiger partial charge in [0.05, 0.1) is 18.4 Å². The van der Waals surface area contributed by atoms with Gasteiger partial charge in [-0.15, -0.1) is 11.8 Å². The number of carbonyl (C=O) groups excluding carboxylic acids is 1. The Bertz CT molecular complexity index is 522. The van der Waals surface area contributed by atoms with Crippen molar-refractivity contribution in [1.29, 1.82) is 5.26 Å². The molecule has 1 amide bonds. The highest BCUT2D eigenvalue weighted by Gasteiger charge is 2.31. The van der Waals surface area contributed by atoms with Crippen LogP contribution in [-0.2, 0) is 4.79 Å². The molecule has 21 heavy (non-hydrogen) atoms. The van der Waals surface area contributed by atoms with Crippen LogP contribution in [0.15, 0.2) is 29.2 Å². The molecule has 0 fully saturated rings. The minimum absolute atomic E-state index is 0.0460. The van der Waals surface area contributed by atoms with Crippen molar-refractivity contribution in [2.75, 3.05) is 7.11 Å². The maximum absolute atomic E-state index is 12.2. The lowest BCUT2D eigenvalue weighted by molar-refractivity contribution is -0.121. The highest BCUT2D eigenvalue weighted by Crippen LogP contribution is 2.26. The number of ether oxygens (including phenoxy) is 1. The Kier molecular flexibility index (Phi) is 6.10. The smallest absolute Gasteiger partial charge is 0.234 e. The summed E-state index contributed by atoms with van der Waals surface area (Å²) in [6.07, 6.45) is 0. The number of benzene rings is 1. The molecule has 1 aromatic carbocycles. The van der Waals surface area contributed by atoms with Crippen molar-refractivity contribution in [3.8, 4) is 11.8 Å². The summed E-state index contributed by atoms with van der Waals surface area (Å²) in [6.45, 7) is 7.43. The largest absolute Gasteiger partial charge is 0.497 e. The third-order valence-electron chi connectivity index (χ3n) is 3.51. The Hall–Kier alpha value is -1.67. The SMILES string of the molecule is COc1ccc(S[C@@H](C)C(=O)N[C@@](C)(C#N)C(C)C)cc1. The first-order chi connectivity index (χ1) is 9.82. The lowest BCUT2D eigenvalue weighted by atomic mass is 9.90.